The predicted molar refractivity (Wildman–Crippen MR) is 51.9 cm³/mol. The van der Waals surface area contributed by atoms with Crippen LogP contribution in [0.25, 0.3) is 10.9 Å². The molecule has 0 saturated carbocycles. The third-order valence-electron chi connectivity index (χ3n) is 2.05. The van der Waals surface area contributed by atoms with Gasteiger partial charge in [0.25, 0.3) is 0 Å². The molecule has 3 heteroatoms. The molecule has 2 rings (SSSR count). The number of pyridine rings is 1. The lowest BCUT2D eigenvalue weighted by Gasteiger charge is -2.00. The summed E-state index contributed by atoms with van der Waals surface area (Å²) in [6.07, 6.45) is 1.70. The molecule has 0 bridgehead atoms. The van der Waals surface area contributed by atoms with Gasteiger partial charge in [0.2, 0.25) is 0 Å². The normalized spacial score (nSPS) is 10.2. The van der Waals surface area contributed by atoms with E-state index in [0.717, 1.165) is 16.5 Å². The van der Waals surface area contributed by atoms with Crippen molar-refractivity contribution in [2.45, 2.75) is 6.92 Å². The molecule has 1 aromatic heterocycles. The Morgan fingerprint density at radius 2 is 2.15 bits per heavy atom. The number of rotatable bonds is 1. The van der Waals surface area contributed by atoms with Gasteiger partial charge >= 0.3 is 0 Å². The van der Waals surface area contributed by atoms with Gasteiger partial charge in [-0.2, -0.15) is 0 Å². The minimum atomic E-state index is 0.491. The molecule has 3 nitrogen and oxygen atoms in total. The maximum Gasteiger partial charge on any atom is 0.120 e. The van der Waals surface area contributed by atoms with Crippen LogP contribution in [0.15, 0.2) is 35.6 Å². The molecule has 0 amide bonds. The SMILES string of the molecule is Cc1ccc2ncccc2c1N=O. The fraction of sp³-hybridized carbons (Fsp3) is 0.100. The first-order valence-electron chi connectivity index (χ1n) is 4.00. The van der Waals surface area contributed by atoms with E-state index < -0.39 is 0 Å². The molecule has 0 unspecified atom stereocenters. The predicted octanol–water partition coefficient (Wildman–Crippen LogP) is 2.94. The summed E-state index contributed by atoms with van der Waals surface area (Å²) >= 11 is 0. The van der Waals surface area contributed by atoms with Crippen LogP contribution in [0.5, 0.6) is 0 Å². The van der Waals surface area contributed by atoms with Crippen LogP contribution < -0.4 is 0 Å². The molecule has 0 saturated heterocycles. The largest absolute Gasteiger partial charge is 0.256 e. The van der Waals surface area contributed by atoms with Gasteiger partial charge in [0.05, 0.1) is 5.52 Å². The lowest BCUT2D eigenvalue weighted by molar-refractivity contribution is 1.37. The summed E-state index contributed by atoms with van der Waals surface area (Å²) in [5, 5.41) is 3.83. The van der Waals surface area contributed by atoms with Crippen LogP contribution in [0.1, 0.15) is 5.56 Å². The van der Waals surface area contributed by atoms with Crippen molar-refractivity contribution in [3.8, 4) is 0 Å². The van der Waals surface area contributed by atoms with Crippen LogP contribution in [0.2, 0.25) is 0 Å². The van der Waals surface area contributed by atoms with Crippen LogP contribution in [0, 0.1) is 11.8 Å². The van der Waals surface area contributed by atoms with Crippen LogP contribution >= 0.6 is 0 Å². The zero-order valence-corrected chi connectivity index (χ0v) is 7.19. The maximum absolute atomic E-state index is 10.6. The molecule has 13 heavy (non-hydrogen) atoms. The Kier molecular flexibility index (Phi) is 1.77. The molecule has 0 aliphatic heterocycles. The van der Waals surface area contributed by atoms with E-state index >= 15 is 0 Å². The highest BCUT2D eigenvalue weighted by Gasteiger charge is 2.04. The van der Waals surface area contributed by atoms with Crippen LogP contribution in [0.4, 0.5) is 5.69 Å². The molecule has 0 spiro atoms. The van der Waals surface area contributed by atoms with E-state index in [1.165, 1.54) is 0 Å². The van der Waals surface area contributed by atoms with Gasteiger partial charge in [-0.25, -0.2) is 0 Å². The van der Waals surface area contributed by atoms with Crippen LogP contribution in [-0.4, -0.2) is 4.98 Å². The molecular formula is C10H8N2O. The van der Waals surface area contributed by atoms with E-state index in [-0.39, 0.29) is 0 Å². The fourth-order valence-electron chi connectivity index (χ4n) is 1.37. The Morgan fingerprint density at radius 3 is 2.92 bits per heavy atom. The lowest BCUT2D eigenvalue weighted by atomic mass is 10.1. The zero-order chi connectivity index (χ0) is 9.26. The average molecular weight is 172 g/mol. The Morgan fingerprint density at radius 1 is 1.31 bits per heavy atom. The van der Waals surface area contributed by atoms with E-state index in [1.807, 2.05) is 25.1 Å². The molecule has 64 valence electrons. The van der Waals surface area contributed by atoms with E-state index in [9.17, 15) is 4.91 Å². The van der Waals surface area contributed by atoms with E-state index in [4.69, 9.17) is 0 Å². The van der Waals surface area contributed by atoms with Crippen molar-refractivity contribution >= 4 is 16.6 Å². The van der Waals surface area contributed by atoms with Crippen LogP contribution in [0.3, 0.4) is 0 Å². The second kappa shape index (κ2) is 2.94. The summed E-state index contributed by atoms with van der Waals surface area (Å²) in [4.78, 5) is 14.7. The Bertz CT molecular complexity index is 465. The van der Waals surface area contributed by atoms with Crippen molar-refractivity contribution in [1.29, 1.82) is 0 Å². The third-order valence-corrected chi connectivity index (χ3v) is 2.05. The summed E-state index contributed by atoms with van der Waals surface area (Å²) < 4.78 is 0. The zero-order valence-electron chi connectivity index (χ0n) is 7.19. The Hall–Kier alpha value is -1.77. The molecule has 0 fully saturated rings. The lowest BCUT2D eigenvalue weighted by Crippen LogP contribution is -1.80. The molecule has 1 aromatic carbocycles. The van der Waals surface area contributed by atoms with Gasteiger partial charge in [0.15, 0.2) is 0 Å². The minimum absolute atomic E-state index is 0.491. The van der Waals surface area contributed by atoms with Crippen molar-refractivity contribution < 1.29 is 0 Å². The second-order valence-corrected chi connectivity index (χ2v) is 2.89. The Labute approximate surface area is 75.4 Å². The summed E-state index contributed by atoms with van der Waals surface area (Å²) in [7, 11) is 0. The van der Waals surface area contributed by atoms with Crippen molar-refractivity contribution in [2.24, 2.45) is 5.18 Å². The van der Waals surface area contributed by atoms with Crippen molar-refractivity contribution in [2.75, 3.05) is 0 Å². The third kappa shape index (κ3) is 1.18. The minimum Gasteiger partial charge on any atom is -0.256 e. The summed E-state index contributed by atoms with van der Waals surface area (Å²) in [5.41, 5.74) is 2.18. The number of hydrogen-bond donors (Lipinski definition) is 0. The molecule has 1 heterocycles. The number of nitrogens with zero attached hydrogens (tertiary/aromatic N) is 2. The highest BCUT2D eigenvalue weighted by Crippen LogP contribution is 2.27. The highest BCUT2D eigenvalue weighted by molar-refractivity contribution is 5.91. The van der Waals surface area contributed by atoms with Gasteiger partial charge in [-0.05, 0) is 35.9 Å². The smallest absolute Gasteiger partial charge is 0.120 e. The highest BCUT2D eigenvalue weighted by atomic mass is 16.3. The maximum atomic E-state index is 10.6. The number of aryl methyl sites for hydroxylation is 1. The van der Waals surface area contributed by atoms with E-state index in [0.29, 0.717) is 5.69 Å². The van der Waals surface area contributed by atoms with Gasteiger partial charge in [-0.15, -0.1) is 4.91 Å². The summed E-state index contributed by atoms with van der Waals surface area (Å²) in [6.45, 7) is 1.86. The molecule has 0 radical (unpaired) electrons. The summed E-state index contributed by atoms with van der Waals surface area (Å²) in [6, 6.07) is 7.40. The van der Waals surface area contributed by atoms with Gasteiger partial charge in [0, 0.05) is 11.6 Å². The van der Waals surface area contributed by atoms with Gasteiger partial charge in [-0.3, -0.25) is 4.98 Å². The average Bonchev–Trinajstić information content (AvgIpc) is 2.18. The second-order valence-electron chi connectivity index (χ2n) is 2.89. The van der Waals surface area contributed by atoms with Crippen molar-refractivity contribution in [3.05, 3.63) is 40.9 Å². The topological polar surface area (TPSA) is 42.3 Å². The molecule has 2 aromatic rings. The van der Waals surface area contributed by atoms with E-state index in [2.05, 4.69) is 10.2 Å². The number of hydrogen-bond acceptors (Lipinski definition) is 3. The van der Waals surface area contributed by atoms with Crippen LogP contribution in [-0.2, 0) is 0 Å². The first-order valence-corrected chi connectivity index (χ1v) is 4.00. The quantitative estimate of drug-likeness (QED) is 0.620. The standard InChI is InChI=1S/C10H8N2O/c1-7-4-5-9-8(10(7)12-13)3-2-6-11-9/h2-6H,1H3. The number of fused-ring (bicyclic) bond motifs is 1. The monoisotopic (exact) mass is 172 g/mol. The van der Waals surface area contributed by atoms with Gasteiger partial charge in [0.1, 0.15) is 5.69 Å². The first kappa shape index (κ1) is 7.86. The van der Waals surface area contributed by atoms with Gasteiger partial charge < -0.3 is 0 Å². The Balaban J connectivity index is 2.91. The molecule has 0 N–H and O–H groups in total. The number of nitroso groups, excluding NO2 is 1. The molecular weight excluding hydrogens is 164 g/mol. The summed E-state index contributed by atoms with van der Waals surface area (Å²) in [5.74, 6) is 0. The number of aromatic nitrogens is 1. The van der Waals surface area contributed by atoms with Crippen molar-refractivity contribution in [3.63, 3.8) is 0 Å². The number of benzene rings is 1. The molecule has 0 atom stereocenters. The fourth-order valence-corrected chi connectivity index (χ4v) is 1.37. The first-order chi connectivity index (χ1) is 6.33. The van der Waals surface area contributed by atoms with Gasteiger partial charge in [-0.1, -0.05) is 6.07 Å². The van der Waals surface area contributed by atoms with E-state index in [1.54, 1.807) is 12.3 Å². The molecule has 0 aliphatic carbocycles. The molecule has 0 aliphatic rings. The van der Waals surface area contributed by atoms with Crippen molar-refractivity contribution in [1.82, 2.24) is 4.98 Å².